The summed E-state index contributed by atoms with van der Waals surface area (Å²) in [5.41, 5.74) is 1.04. The van der Waals surface area contributed by atoms with Crippen LogP contribution in [0.3, 0.4) is 0 Å². The number of likely N-dealkylation sites (N-methyl/N-ethyl adjacent to an activating group) is 1. The number of nitrogens with one attached hydrogen (secondary N) is 2. The Balaban J connectivity index is 2.00. The molecule has 7 nitrogen and oxygen atoms in total. The Bertz CT molecular complexity index is 655. The number of morpholine rings is 1. The van der Waals surface area contributed by atoms with Crippen molar-refractivity contribution in [3.05, 3.63) is 29.8 Å². The summed E-state index contributed by atoms with van der Waals surface area (Å²) in [7, 11) is 0. The molecule has 7 heteroatoms. The monoisotopic (exact) mass is 404 g/mol. The second-order valence-electron chi connectivity index (χ2n) is 7.79. The van der Waals surface area contributed by atoms with E-state index in [1.807, 2.05) is 12.1 Å². The summed E-state index contributed by atoms with van der Waals surface area (Å²) < 4.78 is 5.32. The average Bonchev–Trinajstić information content (AvgIpc) is 2.73. The lowest BCUT2D eigenvalue weighted by Crippen LogP contribution is -2.45. The van der Waals surface area contributed by atoms with Gasteiger partial charge in [-0.2, -0.15) is 0 Å². The van der Waals surface area contributed by atoms with Crippen molar-refractivity contribution in [1.82, 2.24) is 15.1 Å². The third kappa shape index (κ3) is 7.01. The second-order valence-corrected chi connectivity index (χ2v) is 7.79. The summed E-state index contributed by atoms with van der Waals surface area (Å²) >= 11 is 0. The number of amides is 3. The zero-order chi connectivity index (χ0) is 21.2. The quantitative estimate of drug-likeness (QED) is 0.663. The Morgan fingerprint density at radius 1 is 1.14 bits per heavy atom. The lowest BCUT2D eigenvalue weighted by Gasteiger charge is -2.31. The molecule has 0 aliphatic carbocycles. The highest BCUT2D eigenvalue weighted by Gasteiger charge is 2.22. The molecule has 1 saturated heterocycles. The van der Waals surface area contributed by atoms with E-state index in [2.05, 4.69) is 43.2 Å². The number of anilines is 1. The van der Waals surface area contributed by atoms with Crippen LogP contribution in [0.5, 0.6) is 0 Å². The highest BCUT2D eigenvalue weighted by Crippen LogP contribution is 2.18. The number of ether oxygens (including phenoxy) is 1. The highest BCUT2D eigenvalue weighted by molar-refractivity contribution is 6.03. The Kier molecular flexibility index (Phi) is 9.41. The van der Waals surface area contributed by atoms with Gasteiger partial charge in [-0.25, -0.2) is 4.79 Å². The van der Waals surface area contributed by atoms with Gasteiger partial charge in [0.1, 0.15) is 0 Å². The summed E-state index contributed by atoms with van der Waals surface area (Å²) in [5, 5.41) is 5.86. The van der Waals surface area contributed by atoms with Crippen molar-refractivity contribution < 1.29 is 14.3 Å². The molecule has 1 aliphatic rings. The minimum absolute atomic E-state index is 0.0787. The van der Waals surface area contributed by atoms with Crippen molar-refractivity contribution in [2.45, 2.75) is 40.2 Å². The standard InChI is InChI=1S/C22H36N4O3/c1-5-25(6-2)18(15-17(3)4)16-23-22(28)24-20-10-8-7-9-19(20)21(27)26-11-13-29-14-12-26/h7-10,17-18H,5-6,11-16H2,1-4H3,(H2,23,24,28). The van der Waals surface area contributed by atoms with Gasteiger partial charge in [-0.3, -0.25) is 9.69 Å². The zero-order valence-electron chi connectivity index (χ0n) is 18.2. The van der Waals surface area contributed by atoms with Crippen molar-refractivity contribution in [2.24, 2.45) is 5.92 Å². The fourth-order valence-electron chi connectivity index (χ4n) is 3.74. The van der Waals surface area contributed by atoms with Gasteiger partial charge in [0.25, 0.3) is 5.91 Å². The van der Waals surface area contributed by atoms with E-state index in [-0.39, 0.29) is 11.9 Å². The number of rotatable bonds is 9. The summed E-state index contributed by atoms with van der Waals surface area (Å²) in [4.78, 5) is 29.6. The summed E-state index contributed by atoms with van der Waals surface area (Å²) in [5.74, 6) is 0.474. The number of hydrogen-bond acceptors (Lipinski definition) is 4. The van der Waals surface area contributed by atoms with Gasteiger partial charge in [-0.15, -0.1) is 0 Å². The molecule has 0 spiro atoms. The Morgan fingerprint density at radius 2 is 1.79 bits per heavy atom. The van der Waals surface area contributed by atoms with Crippen molar-refractivity contribution in [2.75, 3.05) is 51.3 Å². The molecule has 162 valence electrons. The van der Waals surface area contributed by atoms with E-state index in [4.69, 9.17) is 4.74 Å². The molecule has 29 heavy (non-hydrogen) atoms. The van der Waals surface area contributed by atoms with E-state index in [9.17, 15) is 9.59 Å². The lowest BCUT2D eigenvalue weighted by molar-refractivity contribution is 0.0303. The topological polar surface area (TPSA) is 73.9 Å². The Morgan fingerprint density at radius 3 is 2.41 bits per heavy atom. The van der Waals surface area contributed by atoms with Crippen molar-refractivity contribution in [3.63, 3.8) is 0 Å². The molecule has 0 saturated carbocycles. The molecule has 0 bridgehead atoms. The number of para-hydroxylation sites is 1. The molecule has 1 aliphatic heterocycles. The summed E-state index contributed by atoms with van der Waals surface area (Å²) in [6, 6.07) is 7.17. The SMILES string of the molecule is CCN(CC)C(CNC(=O)Nc1ccccc1C(=O)N1CCOCC1)CC(C)C. The molecule has 1 heterocycles. The molecule has 0 radical (unpaired) electrons. The Hall–Kier alpha value is -2.12. The largest absolute Gasteiger partial charge is 0.378 e. The third-order valence-electron chi connectivity index (χ3n) is 5.27. The van der Waals surface area contributed by atoms with Gasteiger partial charge in [0.15, 0.2) is 0 Å². The smallest absolute Gasteiger partial charge is 0.319 e. The second kappa shape index (κ2) is 11.8. The predicted molar refractivity (Wildman–Crippen MR) is 116 cm³/mol. The first-order valence-electron chi connectivity index (χ1n) is 10.7. The Labute approximate surface area is 174 Å². The van der Waals surface area contributed by atoms with E-state index < -0.39 is 0 Å². The van der Waals surface area contributed by atoms with Gasteiger partial charge < -0.3 is 20.3 Å². The van der Waals surface area contributed by atoms with Crippen LogP contribution in [-0.2, 0) is 4.74 Å². The molecule has 2 N–H and O–H groups in total. The number of carbonyl (C=O) groups is 2. The van der Waals surface area contributed by atoms with E-state index in [1.54, 1.807) is 17.0 Å². The fourth-order valence-corrected chi connectivity index (χ4v) is 3.74. The van der Waals surface area contributed by atoms with Gasteiger partial charge >= 0.3 is 6.03 Å². The molecule has 1 fully saturated rings. The van der Waals surface area contributed by atoms with Crippen LogP contribution in [0.4, 0.5) is 10.5 Å². The normalized spacial score (nSPS) is 15.4. The molecule has 1 atom stereocenters. The van der Waals surface area contributed by atoms with Crippen molar-refractivity contribution >= 4 is 17.6 Å². The molecule has 3 amide bonds. The van der Waals surface area contributed by atoms with E-state index >= 15 is 0 Å². The minimum atomic E-state index is -0.284. The van der Waals surface area contributed by atoms with Gasteiger partial charge in [-0.1, -0.05) is 39.8 Å². The molecular weight excluding hydrogens is 368 g/mol. The maximum Gasteiger partial charge on any atom is 0.319 e. The number of hydrogen-bond donors (Lipinski definition) is 2. The number of nitrogens with zero attached hydrogens (tertiary/aromatic N) is 2. The van der Waals surface area contributed by atoms with Crippen LogP contribution < -0.4 is 10.6 Å². The lowest BCUT2D eigenvalue weighted by atomic mass is 10.0. The van der Waals surface area contributed by atoms with Crippen LogP contribution in [0.15, 0.2) is 24.3 Å². The van der Waals surface area contributed by atoms with E-state index in [1.165, 1.54) is 0 Å². The fraction of sp³-hybridized carbons (Fsp3) is 0.636. The van der Waals surface area contributed by atoms with Crippen molar-refractivity contribution in [1.29, 1.82) is 0 Å². The highest BCUT2D eigenvalue weighted by atomic mass is 16.5. The van der Waals surface area contributed by atoms with Gasteiger partial charge in [-0.05, 0) is 37.6 Å². The van der Waals surface area contributed by atoms with Gasteiger partial charge in [0, 0.05) is 25.7 Å². The zero-order valence-corrected chi connectivity index (χ0v) is 18.2. The van der Waals surface area contributed by atoms with Crippen LogP contribution in [0.25, 0.3) is 0 Å². The van der Waals surface area contributed by atoms with Crippen LogP contribution in [0, 0.1) is 5.92 Å². The average molecular weight is 405 g/mol. The molecular formula is C22H36N4O3. The first kappa shape index (κ1) is 23.2. The molecule has 1 aromatic rings. The summed E-state index contributed by atoms with van der Waals surface area (Å²) in [6.07, 6.45) is 1.02. The first-order valence-corrected chi connectivity index (χ1v) is 10.7. The summed E-state index contributed by atoms with van der Waals surface area (Å²) in [6.45, 7) is 13.4. The van der Waals surface area contributed by atoms with Crippen molar-refractivity contribution in [3.8, 4) is 0 Å². The molecule has 0 aromatic heterocycles. The maximum absolute atomic E-state index is 12.8. The number of carbonyl (C=O) groups excluding carboxylic acids is 2. The van der Waals surface area contributed by atoms with Crippen LogP contribution in [-0.4, -0.2) is 73.7 Å². The van der Waals surface area contributed by atoms with Crippen LogP contribution in [0.2, 0.25) is 0 Å². The van der Waals surface area contributed by atoms with Crippen LogP contribution in [0.1, 0.15) is 44.5 Å². The maximum atomic E-state index is 12.8. The molecule has 2 rings (SSSR count). The third-order valence-corrected chi connectivity index (χ3v) is 5.27. The van der Waals surface area contributed by atoms with E-state index in [0.717, 1.165) is 19.5 Å². The predicted octanol–water partition coefficient (Wildman–Crippen LogP) is 3.04. The first-order chi connectivity index (χ1) is 14.0. The van der Waals surface area contributed by atoms with Crippen LogP contribution >= 0.6 is 0 Å². The van der Waals surface area contributed by atoms with E-state index in [0.29, 0.717) is 56.1 Å². The van der Waals surface area contributed by atoms with Gasteiger partial charge in [0.2, 0.25) is 0 Å². The number of benzene rings is 1. The molecule has 1 aromatic carbocycles. The van der Waals surface area contributed by atoms with Gasteiger partial charge in [0.05, 0.1) is 24.5 Å². The number of urea groups is 1. The molecule has 1 unspecified atom stereocenters. The minimum Gasteiger partial charge on any atom is -0.378 e.